The molecule has 0 atom stereocenters. The molecule has 1 aliphatic carbocycles. The van der Waals surface area contributed by atoms with Crippen LogP contribution in [0, 0.1) is 6.92 Å². The van der Waals surface area contributed by atoms with Crippen LogP contribution in [-0.4, -0.2) is 25.7 Å². The number of halogens is 1. The smallest absolute Gasteiger partial charge is 0.250 e. The molecule has 1 saturated carbocycles. The second kappa shape index (κ2) is 4.62. The van der Waals surface area contributed by atoms with Gasteiger partial charge in [0.2, 0.25) is 0 Å². The van der Waals surface area contributed by atoms with Crippen LogP contribution in [0.15, 0.2) is 14.1 Å². The first-order chi connectivity index (χ1) is 7.88. The summed E-state index contributed by atoms with van der Waals surface area (Å²) in [7, 11) is -3.51. The van der Waals surface area contributed by atoms with E-state index in [1.807, 2.05) is 6.92 Å². The molecule has 0 amide bonds. The quantitative estimate of drug-likeness (QED) is 0.881. The van der Waals surface area contributed by atoms with Gasteiger partial charge < -0.3 is 5.11 Å². The van der Waals surface area contributed by atoms with E-state index in [1.54, 1.807) is 6.07 Å². The van der Waals surface area contributed by atoms with E-state index in [0.29, 0.717) is 17.1 Å². The van der Waals surface area contributed by atoms with Gasteiger partial charge in [0.1, 0.15) is 4.21 Å². The largest absolute Gasteiger partial charge is 0.394 e. The summed E-state index contributed by atoms with van der Waals surface area (Å²) in [5, 5.41) is 9.27. The summed E-state index contributed by atoms with van der Waals surface area (Å²) in [6.45, 7) is 1.71. The molecule has 2 rings (SSSR count). The maximum atomic E-state index is 12.1. The summed E-state index contributed by atoms with van der Waals surface area (Å²) in [6.07, 6.45) is 2.36. The van der Waals surface area contributed by atoms with E-state index in [0.717, 1.165) is 15.8 Å². The number of aliphatic hydroxyl groups excluding tert-OH is 1. The van der Waals surface area contributed by atoms with Gasteiger partial charge in [-0.1, -0.05) is 0 Å². The molecule has 0 unspecified atom stereocenters. The van der Waals surface area contributed by atoms with Gasteiger partial charge in [0.05, 0.1) is 15.9 Å². The van der Waals surface area contributed by atoms with Crippen LogP contribution >= 0.6 is 27.3 Å². The lowest BCUT2D eigenvalue weighted by molar-refractivity contribution is 0.111. The van der Waals surface area contributed by atoms with Gasteiger partial charge in [0.15, 0.2) is 0 Å². The predicted octanol–water partition coefficient (Wildman–Crippen LogP) is 2.01. The lowest BCUT2D eigenvalue weighted by atomic mass is 9.78. The Morgan fingerprint density at radius 2 is 2.24 bits per heavy atom. The van der Waals surface area contributed by atoms with Gasteiger partial charge in [0, 0.05) is 0 Å². The predicted molar refractivity (Wildman–Crippen MR) is 70.7 cm³/mol. The van der Waals surface area contributed by atoms with Crippen molar-refractivity contribution in [1.82, 2.24) is 4.72 Å². The Hall–Kier alpha value is 0.0500. The third-order valence-corrected chi connectivity index (χ3v) is 7.25. The first-order valence-electron chi connectivity index (χ1n) is 5.29. The summed E-state index contributed by atoms with van der Waals surface area (Å²) in [5.74, 6) is 0. The Morgan fingerprint density at radius 3 is 2.59 bits per heavy atom. The molecule has 0 bridgehead atoms. The molecule has 0 saturated heterocycles. The molecule has 1 fully saturated rings. The zero-order valence-electron chi connectivity index (χ0n) is 9.36. The summed E-state index contributed by atoms with van der Waals surface area (Å²) < 4.78 is 28.0. The minimum absolute atomic E-state index is 0.141. The Labute approximate surface area is 113 Å². The van der Waals surface area contributed by atoms with E-state index < -0.39 is 15.6 Å². The number of aliphatic hydroxyl groups is 1. The summed E-state index contributed by atoms with van der Waals surface area (Å²) in [4.78, 5) is 0. The average molecular weight is 340 g/mol. The van der Waals surface area contributed by atoms with Gasteiger partial charge in [-0.25, -0.2) is 13.1 Å². The SMILES string of the molecule is Cc1cc(S(=O)(=O)NC2(CO)CCC2)sc1Br. The highest BCUT2D eigenvalue weighted by molar-refractivity contribution is 9.11. The van der Waals surface area contributed by atoms with Gasteiger partial charge in [-0.3, -0.25) is 0 Å². The number of hydrogen-bond donors (Lipinski definition) is 2. The molecule has 0 aliphatic heterocycles. The number of nitrogens with one attached hydrogen (secondary N) is 1. The molecule has 0 radical (unpaired) electrons. The zero-order valence-corrected chi connectivity index (χ0v) is 12.6. The monoisotopic (exact) mass is 339 g/mol. The van der Waals surface area contributed by atoms with Gasteiger partial charge in [-0.15, -0.1) is 11.3 Å². The lowest BCUT2D eigenvalue weighted by Gasteiger charge is -2.40. The van der Waals surface area contributed by atoms with E-state index in [2.05, 4.69) is 20.7 Å². The van der Waals surface area contributed by atoms with Crippen LogP contribution in [0.5, 0.6) is 0 Å². The first kappa shape index (κ1) is 13.5. The molecule has 1 heterocycles. The lowest BCUT2D eigenvalue weighted by Crippen LogP contribution is -2.55. The summed E-state index contributed by atoms with van der Waals surface area (Å²) in [6, 6.07) is 1.64. The van der Waals surface area contributed by atoms with E-state index in [-0.39, 0.29) is 6.61 Å². The standard InChI is InChI=1S/C10H14BrNO3S2/c1-7-5-8(16-9(7)11)17(14,15)12-10(6-13)3-2-4-10/h5,12-13H,2-4,6H2,1H3. The van der Waals surface area contributed by atoms with Crippen LogP contribution in [0.2, 0.25) is 0 Å². The highest BCUT2D eigenvalue weighted by atomic mass is 79.9. The van der Waals surface area contributed by atoms with Crippen LogP contribution in [0.4, 0.5) is 0 Å². The maximum Gasteiger partial charge on any atom is 0.250 e. The third kappa shape index (κ3) is 2.58. The van der Waals surface area contributed by atoms with Crippen molar-refractivity contribution < 1.29 is 13.5 Å². The van der Waals surface area contributed by atoms with Crippen molar-refractivity contribution >= 4 is 37.3 Å². The maximum absolute atomic E-state index is 12.1. The van der Waals surface area contributed by atoms with Gasteiger partial charge in [0.25, 0.3) is 10.0 Å². The first-order valence-corrected chi connectivity index (χ1v) is 8.39. The average Bonchev–Trinajstić information content (AvgIpc) is 2.54. The molecule has 0 spiro atoms. The van der Waals surface area contributed by atoms with Crippen LogP contribution in [0.25, 0.3) is 0 Å². The number of hydrogen-bond acceptors (Lipinski definition) is 4. The minimum Gasteiger partial charge on any atom is -0.394 e. The van der Waals surface area contributed by atoms with Crippen molar-refractivity contribution in [3.63, 3.8) is 0 Å². The molecule has 17 heavy (non-hydrogen) atoms. The highest BCUT2D eigenvalue weighted by Gasteiger charge is 2.40. The molecule has 1 aromatic heterocycles. The van der Waals surface area contributed by atoms with Crippen molar-refractivity contribution in [1.29, 1.82) is 0 Å². The fraction of sp³-hybridized carbons (Fsp3) is 0.600. The second-order valence-electron chi connectivity index (χ2n) is 4.42. The fourth-order valence-corrected chi connectivity index (χ4v) is 5.47. The minimum atomic E-state index is -3.51. The molecule has 1 aliphatic rings. The van der Waals surface area contributed by atoms with Crippen molar-refractivity contribution in [3.8, 4) is 0 Å². The van der Waals surface area contributed by atoms with E-state index >= 15 is 0 Å². The van der Waals surface area contributed by atoms with Crippen LogP contribution in [0.1, 0.15) is 24.8 Å². The normalized spacial score (nSPS) is 19.0. The van der Waals surface area contributed by atoms with Crippen molar-refractivity contribution in [2.24, 2.45) is 0 Å². The number of rotatable bonds is 4. The Morgan fingerprint density at radius 1 is 1.59 bits per heavy atom. The Bertz CT molecular complexity index is 495. The topological polar surface area (TPSA) is 66.4 Å². The Kier molecular flexibility index (Phi) is 3.66. The molecule has 4 nitrogen and oxygen atoms in total. The van der Waals surface area contributed by atoms with Crippen LogP contribution in [0.3, 0.4) is 0 Å². The summed E-state index contributed by atoms with van der Waals surface area (Å²) >= 11 is 4.50. The molecule has 7 heteroatoms. The molecule has 96 valence electrons. The van der Waals surface area contributed by atoms with Gasteiger partial charge in [-0.2, -0.15) is 0 Å². The number of thiophene rings is 1. The second-order valence-corrected chi connectivity index (χ2v) is 8.70. The number of aryl methyl sites for hydroxylation is 1. The van der Waals surface area contributed by atoms with E-state index in [1.165, 1.54) is 11.3 Å². The Balaban J connectivity index is 2.25. The molecule has 2 N–H and O–H groups in total. The van der Waals surface area contributed by atoms with Crippen molar-refractivity contribution in [2.45, 2.75) is 35.9 Å². The van der Waals surface area contributed by atoms with Crippen molar-refractivity contribution in [3.05, 3.63) is 15.4 Å². The van der Waals surface area contributed by atoms with Crippen molar-refractivity contribution in [2.75, 3.05) is 6.61 Å². The molecular formula is C10H14BrNO3S2. The molecule has 1 aromatic rings. The van der Waals surface area contributed by atoms with Gasteiger partial charge >= 0.3 is 0 Å². The van der Waals surface area contributed by atoms with Crippen LogP contribution in [-0.2, 0) is 10.0 Å². The summed E-state index contributed by atoms with van der Waals surface area (Å²) in [5.41, 5.74) is 0.269. The van der Waals surface area contributed by atoms with Gasteiger partial charge in [-0.05, 0) is 53.7 Å². The fourth-order valence-electron chi connectivity index (χ4n) is 1.80. The molecular weight excluding hydrogens is 326 g/mol. The third-order valence-electron chi connectivity index (χ3n) is 3.06. The van der Waals surface area contributed by atoms with Crippen LogP contribution < -0.4 is 4.72 Å². The number of sulfonamides is 1. The van der Waals surface area contributed by atoms with E-state index in [4.69, 9.17) is 0 Å². The zero-order chi connectivity index (χ0) is 12.7. The van der Waals surface area contributed by atoms with E-state index in [9.17, 15) is 13.5 Å². The highest BCUT2D eigenvalue weighted by Crippen LogP contribution is 2.35. The molecule has 0 aromatic carbocycles.